The first-order valence-corrected chi connectivity index (χ1v) is 12.3. The van der Waals surface area contributed by atoms with Crippen molar-refractivity contribution >= 4 is 17.7 Å². The fraction of sp³-hybridized carbons (Fsp3) is 0.464. The van der Waals surface area contributed by atoms with Gasteiger partial charge in [-0.25, -0.2) is 9.98 Å². The third kappa shape index (κ3) is 5.85. The number of benzene rings is 2. The lowest BCUT2D eigenvalue weighted by atomic mass is 9.77. The van der Waals surface area contributed by atoms with Gasteiger partial charge in [0, 0.05) is 16.5 Å². The van der Waals surface area contributed by atoms with Gasteiger partial charge < -0.3 is 14.2 Å². The smallest absolute Gasteiger partial charge is 0.216 e. The molecule has 5 rings (SSSR count). The van der Waals surface area contributed by atoms with Crippen molar-refractivity contribution in [3.8, 4) is 0 Å². The standard InChI is InChI=1S/C16H23NO.C12H12N2O2/c1-4-16(3,15-17-10-11-18-15)12-13(2)14-8-6-5-7-9-14;1-2-9(11-13-4-6-15-11)8-10(3-1)12-14-5-7-16-12/h5-9,13H,4,10-12H2,1-3H3;1-3,8H,4-7H2. The summed E-state index contributed by atoms with van der Waals surface area (Å²) >= 11 is 0. The molecule has 3 aliphatic rings. The summed E-state index contributed by atoms with van der Waals surface area (Å²) in [5, 5.41) is 0. The maximum Gasteiger partial charge on any atom is 0.216 e. The van der Waals surface area contributed by atoms with Gasteiger partial charge in [0.1, 0.15) is 19.8 Å². The minimum absolute atomic E-state index is 0.0752. The molecule has 0 amide bonds. The van der Waals surface area contributed by atoms with Crippen molar-refractivity contribution in [2.75, 3.05) is 39.5 Å². The normalized spacial score (nSPS) is 19.3. The van der Waals surface area contributed by atoms with Crippen molar-refractivity contribution in [1.82, 2.24) is 0 Å². The predicted molar refractivity (Wildman–Crippen MR) is 137 cm³/mol. The lowest BCUT2D eigenvalue weighted by Crippen LogP contribution is -2.29. The summed E-state index contributed by atoms with van der Waals surface area (Å²) in [5.41, 5.74) is 3.46. The molecule has 6 heteroatoms. The quantitative estimate of drug-likeness (QED) is 0.565. The van der Waals surface area contributed by atoms with Crippen LogP contribution in [0.1, 0.15) is 56.2 Å². The van der Waals surface area contributed by atoms with Gasteiger partial charge >= 0.3 is 0 Å². The van der Waals surface area contributed by atoms with Gasteiger partial charge in [0.25, 0.3) is 0 Å². The van der Waals surface area contributed by atoms with Crippen molar-refractivity contribution in [2.24, 2.45) is 20.4 Å². The van der Waals surface area contributed by atoms with Gasteiger partial charge in [-0.3, -0.25) is 4.99 Å². The molecular formula is C28H35N3O3. The van der Waals surface area contributed by atoms with Crippen molar-refractivity contribution in [3.63, 3.8) is 0 Å². The fourth-order valence-corrected chi connectivity index (χ4v) is 4.46. The van der Waals surface area contributed by atoms with Crippen molar-refractivity contribution in [3.05, 3.63) is 71.3 Å². The fourth-order valence-electron chi connectivity index (χ4n) is 4.46. The lowest BCUT2D eigenvalue weighted by molar-refractivity contribution is 0.261. The first-order chi connectivity index (χ1) is 16.6. The number of aliphatic imine (C=N–C) groups is 3. The van der Waals surface area contributed by atoms with E-state index < -0.39 is 0 Å². The number of hydrogen-bond acceptors (Lipinski definition) is 6. The third-order valence-corrected chi connectivity index (χ3v) is 6.53. The van der Waals surface area contributed by atoms with Crippen molar-refractivity contribution in [1.29, 1.82) is 0 Å². The Morgan fingerprint density at radius 1 is 0.794 bits per heavy atom. The molecule has 3 heterocycles. The average Bonchev–Trinajstić information content (AvgIpc) is 3.68. The van der Waals surface area contributed by atoms with E-state index in [0.717, 1.165) is 67.9 Å². The molecule has 0 spiro atoms. The lowest BCUT2D eigenvalue weighted by Gasteiger charge is -2.30. The Kier molecular flexibility index (Phi) is 7.99. The molecule has 2 aromatic carbocycles. The molecule has 6 nitrogen and oxygen atoms in total. The van der Waals surface area contributed by atoms with Crippen LogP contribution in [0.4, 0.5) is 0 Å². The summed E-state index contributed by atoms with van der Waals surface area (Å²) in [6.07, 6.45) is 2.16. The minimum Gasteiger partial charge on any atom is -0.479 e. The molecule has 0 N–H and O–H groups in total. The molecule has 2 atom stereocenters. The molecule has 0 radical (unpaired) electrons. The average molecular weight is 462 g/mol. The van der Waals surface area contributed by atoms with E-state index in [1.165, 1.54) is 5.56 Å². The second kappa shape index (κ2) is 11.3. The van der Waals surface area contributed by atoms with Crippen LogP contribution in [0.25, 0.3) is 0 Å². The molecule has 2 aromatic rings. The second-order valence-corrected chi connectivity index (χ2v) is 9.12. The molecule has 0 saturated carbocycles. The Labute approximate surface area is 202 Å². The van der Waals surface area contributed by atoms with Crippen LogP contribution >= 0.6 is 0 Å². The highest BCUT2D eigenvalue weighted by Crippen LogP contribution is 2.37. The van der Waals surface area contributed by atoms with Gasteiger partial charge in [-0.15, -0.1) is 0 Å². The van der Waals surface area contributed by atoms with Gasteiger partial charge in [-0.05, 0) is 42.5 Å². The monoisotopic (exact) mass is 461 g/mol. The maximum absolute atomic E-state index is 5.70. The SMILES string of the molecule is CCC(C)(CC(C)c1ccccc1)C1=NCCO1.c1cc(C2=NCCO2)cc(C2=NCCO2)c1. The zero-order valence-corrected chi connectivity index (χ0v) is 20.5. The Morgan fingerprint density at radius 2 is 1.38 bits per heavy atom. The summed E-state index contributed by atoms with van der Waals surface area (Å²) in [6.45, 7) is 11.2. The third-order valence-electron chi connectivity index (χ3n) is 6.53. The van der Waals surface area contributed by atoms with Gasteiger partial charge in [-0.1, -0.05) is 57.2 Å². The number of hydrogen-bond donors (Lipinski definition) is 0. The van der Waals surface area contributed by atoms with E-state index in [1.54, 1.807) is 0 Å². The van der Waals surface area contributed by atoms with Crippen LogP contribution in [0.5, 0.6) is 0 Å². The predicted octanol–water partition coefficient (Wildman–Crippen LogP) is 5.27. The molecule has 34 heavy (non-hydrogen) atoms. The molecular weight excluding hydrogens is 426 g/mol. The molecule has 0 aliphatic carbocycles. The summed E-state index contributed by atoms with van der Waals surface area (Å²) in [4.78, 5) is 13.1. The van der Waals surface area contributed by atoms with Crippen LogP contribution in [-0.4, -0.2) is 57.1 Å². The summed E-state index contributed by atoms with van der Waals surface area (Å²) in [5.74, 6) is 2.94. The number of ether oxygens (including phenoxy) is 3. The first-order valence-electron chi connectivity index (χ1n) is 12.3. The van der Waals surface area contributed by atoms with Crippen LogP contribution in [0.2, 0.25) is 0 Å². The molecule has 0 bridgehead atoms. The Morgan fingerprint density at radius 3 is 1.88 bits per heavy atom. The van der Waals surface area contributed by atoms with E-state index in [9.17, 15) is 0 Å². The number of rotatable bonds is 7. The maximum atomic E-state index is 5.70. The Bertz CT molecular complexity index is 1010. The van der Waals surface area contributed by atoms with Crippen molar-refractivity contribution in [2.45, 2.75) is 39.5 Å². The molecule has 2 unspecified atom stereocenters. The van der Waals surface area contributed by atoms with Crippen LogP contribution in [0, 0.1) is 5.41 Å². The van der Waals surface area contributed by atoms with Crippen LogP contribution < -0.4 is 0 Å². The van der Waals surface area contributed by atoms with E-state index in [2.05, 4.69) is 66.1 Å². The highest BCUT2D eigenvalue weighted by Gasteiger charge is 2.34. The molecule has 0 fully saturated rings. The first kappa shape index (κ1) is 24.0. The summed E-state index contributed by atoms with van der Waals surface area (Å²) in [7, 11) is 0. The molecule has 0 aromatic heterocycles. The van der Waals surface area contributed by atoms with Crippen LogP contribution in [0.15, 0.2) is 69.6 Å². The number of nitrogens with zero attached hydrogens (tertiary/aromatic N) is 3. The molecule has 180 valence electrons. The minimum atomic E-state index is 0.0752. The van der Waals surface area contributed by atoms with Gasteiger partial charge in [0.15, 0.2) is 5.90 Å². The Balaban J connectivity index is 0.000000162. The zero-order chi connectivity index (χ0) is 23.8. The molecule has 0 saturated heterocycles. The molecule has 3 aliphatic heterocycles. The highest BCUT2D eigenvalue weighted by molar-refractivity contribution is 6.00. The Hall–Kier alpha value is -3.15. The van der Waals surface area contributed by atoms with Crippen molar-refractivity contribution < 1.29 is 14.2 Å². The topological polar surface area (TPSA) is 64.8 Å². The van der Waals surface area contributed by atoms with E-state index in [4.69, 9.17) is 14.2 Å². The second-order valence-electron chi connectivity index (χ2n) is 9.12. The van der Waals surface area contributed by atoms with E-state index in [-0.39, 0.29) is 5.41 Å². The summed E-state index contributed by atoms with van der Waals surface area (Å²) in [6, 6.07) is 18.7. The van der Waals surface area contributed by atoms with Crippen LogP contribution in [0.3, 0.4) is 0 Å². The van der Waals surface area contributed by atoms with E-state index in [0.29, 0.717) is 19.1 Å². The summed E-state index contributed by atoms with van der Waals surface area (Å²) < 4.78 is 16.5. The van der Waals surface area contributed by atoms with Gasteiger partial charge in [0.2, 0.25) is 11.8 Å². The largest absolute Gasteiger partial charge is 0.479 e. The van der Waals surface area contributed by atoms with Gasteiger partial charge in [0.05, 0.1) is 19.6 Å². The zero-order valence-electron chi connectivity index (χ0n) is 20.5. The van der Waals surface area contributed by atoms with Crippen LogP contribution in [-0.2, 0) is 14.2 Å². The highest BCUT2D eigenvalue weighted by atomic mass is 16.5. The van der Waals surface area contributed by atoms with Gasteiger partial charge in [-0.2, -0.15) is 0 Å². The van der Waals surface area contributed by atoms with E-state index >= 15 is 0 Å². The van der Waals surface area contributed by atoms with E-state index in [1.807, 2.05) is 24.3 Å².